The Balaban J connectivity index is 2.33. The summed E-state index contributed by atoms with van der Waals surface area (Å²) in [5, 5.41) is 15.6. The summed E-state index contributed by atoms with van der Waals surface area (Å²) in [4.78, 5) is 11.5. The third kappa shape index (κ3) is 6.60. The molecular formula is C16H26N2O3. The number of carbonyl (C=O) groups is 1. The van der Waals surface area contributed by atoms with Gasteiger partial charge in [0.05, 0.1) is 6.04 Å². The number of carbonyl (C=O) groups excluding carboxylic acids is 1. The molecule has 1 aromatic rings. The van der Waals surface area contributed by atoms with Gasteiger partial charge >= 0.3 is 0 Å². The molecular weight excluding hydrogens is 268 g/mol. The maximum Gasteiger partial charge on any atom is 0.236 e. The molecule has 0 saturated carbocycles. The first kappa shape index (κ1) is 17.5. The van der Waals surface area contributed by atoms with Crippen molar-refractivity contribution in [2.24, 2.45) is 0 Å². The van der Waals surface area contributed by atoms with Gasteiger partial charge < -0.3 is 20.5 Å². The molecule has 0 heterocycles. The molecule has 0 aliphatic heterocycles. The van der Waals surface area contributed by atoms with E-state index in [0.29, 0.717) is 13.1 Å². The average Bonchev–Trinajstić information content (AvgIpc) is 2.41. The number of ether oxygens (including phenoxy) is 1. The molecule has 0 fully saturated rings. The van der Waals surface area contributed by atoms with Crippen LogP contribution < -0.4 is 15.4 Å². The van der Waals surface area contributed by atoms with Crippen molar-refractivity contribution in [2.75, 3.05) is 19.7 Å². The first-order chi connectivity index (χ1) is 9.92. The summed E-state index contributed by atoms with van der Waals surface area (Å²) >= 11 is 0. The van der Waals surface area contributed by atoms with E-state index in [1.807, 2.05) is 32.9 Å². The van der Waals surface area contributed by atoms with Crippen molar-refractivity contribution >= 4 is 5.91 Å². The normalized spacial score (nSPS) is 13.6. The highest BCUT2D eigenvalue weighted by Gasteiger charge is 2.13. The van der Waals surface area contributed by atoms with Crippen molar-refractivity contribution in [3.05, 3.63) is 29.3 Å². The van der Waals surface area contributed by atoms with Gasteiger partial charge in [0.1, 0.15) is 18.5 Å². The molecule has 21 heavy (non-hydrogen) atoms. The smallest absolute Gasteiger partial charge is 0.236 e. The van der Waals surface area contributed by atoms with Gasteiger partial charge in [-0.1, -0.05) is 6.07 Å². The van der Waals surface area contributed by atoms with Gasteiger partial charge in [-0.2, -0.15) is 0 Å². The molecule has 0 aromatic heterocycles. The van der Waals surface area contributed by atoms with Gasteiger partial charge in [-0.3, -0.25) is 4.79 Å². The minimum atomic E-state index is -0.664. The van der Waals surface area contributed by atoms with Gasteiger partial charge in [-0.15, -0.1) is 0 Å². The Kier molecular flexibility index (Phi) is 7.19. The van der Waals surface area contributed by atoms with E-state index in [1.54, 1.807) is 6.92 Å². The Morgan fingerprint density at radius 2 is 1.90 bits per heavy atom. The van der Waals surface area contributed by atoms with Gasteiger partial charge in [0.15, 0.2) is 0 Å². The maximum atomic E-state index is 11.5. The molecule has 5 nitrogen and oxygen atoms in total. The lowest BCUT2D eigenvalue weighted by Crippen LogP contribution is -2.45. The number of amides is 1. The molecule has 0 spiro atoms. The molecule has 0 aliphatic rings. The van der Waals surface area contributed by atoms with Gasteiger partial charge in [0.25, 0.3) is 0 Å². The van der Waals surface area contributed by atoms with Crippen LogP contribution in [-0.2, 0) is 4.79 Å². The van der Waals surface area contributed by atoms with Crippen LogP contribution in [0.4, 0.5) is 0 Å². The van der Waals surface area contributed by atoms with Gasteiger partial charge in [0, 0.05) is 13.1 Å². The Morgan fingerprint density at radius 1 is 1.29 bits per heavy atom. The predicted octanol–water partition coefficient (Wildman–Crippen LogP) is 1.16. The second kappa shape index (κ2) is 8.64. The van der Waals surface area contributed by atoms with Crippen molar-refractivity contribution in [1.29, 1.82) is 0 Å². The third-order valence-corrected chi connectivity index (χ3v) is 3.04. The zero-order valence-electron chi connectivity index (χ0n) is 13.3. The topological polar surface area (TPSA) is 70.6 Å². The number of benzene rings is 1. The molecule has 1 aromatic carbocycles. The SMILES string of the molecule is CCNC(=O)C(C)NCC(O)COc1cc(C)cc(C)c1. The van der Waals surface area contributed by atoms with Crippen molar-refractivity contribution in [3.8, 4) is 5.75 Å². The lowest BCUT2D eigenvalue weighted by molar-refractivity contribution is -0.122. The van der Waals surface area contributed by atoms with Crippen molar-refractivity contribution in [3.63, 3.8) is 0 Å². The molecule has 1 rings (SSSR count). The summed E-state index contributed by atoms with van der Waals surface area (Å²) in [6.07, 6.45) is -0.664. The van der Waals surface area contributed by atoms with E-state index < -0.39 is 6.10 Å². The van der Waals surface area contributed by atoms with Gasteiger partial charge in [0.2, 0.25) is 5.91 Å². The molecule has 5 heteroatoms. The molecule has 118 valence electrons. The van der Waals surface area contributed by atoms with Crippen molar-refractivity contribution in [1.82, 2.24) is 10.6 Å². The number of aliphatic hydroxyl groups excluding tert-OH is 1. The van der Waals surface area contributed by atoms with E-state index in [4.69, 9.17) is 4.74 Å². The molecule has 0 bridgehead atoms. The standard InChI is InChI=1S/C16H26N2O3/c1-5-17-16(20)13(4)18-9-14(19)10-21-15-7-11(2)6-12(3)8-15/h6-8,13-14,18-19H,5,9-10H2,1-4H3,(H,17,20). The van der Waals surface area contributed by atoms with Crippen LogP contribution in [0.5, 0.6) is 5.75 Å². The zero-order valence-corrected chi connectivity index (χ0v) is 13.3. The minimum Gasteiger partial charge on any atom is -0.491 e. The summed E-state index contributed by atoms with van der Waals surface area (Å²) in [5.74, 6) is 0.684. The highest BCUT2D eigenvalue weighted by Crippen LogP contribution is 2.16. The van der Waals surface area contributed by atoms with Crippen molar-refractivity contribution in [2.45, 2.75) is 39.8 Å². The van der Waals surface area contributed by atoms with E-state index in [0.717, 1.165) is 16.9 Å². The maximum absolute atomic E-state index is 11.5. The Hall–Kier alpha value is -1.59. The van der Waals surface area contributed by atoms with Gasteiger partial charge in [-0.05, 0) is 51.0 Å². The van der Waals surface area contributed by atoms with Crippen LogP contribution in [0.15, 0.2) is 18.2 Å². The van der Waals surface area contributed by atoms with E-state index >= 15 is 0 Å². The van der Waals surface area contributed by atoms with Crippen molar-refractivity contribution < 1.29 is 14.6 Å². The summed E-state index contributed by atoms with van der Waals surface area (Å²) < 4.78 is 5.58. The fraction of sp³-hybridized carbons (Fsp3) is 0.562. The molecule has 3 N–H and O–H groups in total. The molecule has 2 atom stereocenters. The summed E-state index contributed by atoms with van der Waals surface area (Å²) in [6.45, 7) is 8.75. The van der Waals surface area contributed by atoms with Crippen LogP contribution in [0.25, 0.3) is 0 Å². The summed E-state index contributed by atoms with van der Waals surface area (Å²) in [7, 11) is 0. The number of likely N-dealkylation sites (N-methyl/N-ethyl adjacent to an activating group) is 1. The summed E-state index contributed by atoms with van der Waals surface area (Å²) in [5.41, 5.74) is 2.25. The predicted molar refractivity (Wildman–Crippen MR) is 83.6 cm³/mol. The Bertz CT molecular complexity index is 443. The number of rotatable bonds is 8. The van der Waals surface area contributed by atoms with Crippen LogP contribution in [0.1, 0.15) is 25.0 Å². The molecule has 0 saturated heterocycles. The number of hydrogen-bond acceptors (Lipinski definition) is 4. The van der Waals surface area contributed by atoms with Crippen LogP contribution in [0, 0.1) is 13.8 Å². The highest BCUT2D eigenvalue weighted by molar-refractivity contribution is 5.81. The fourth-order valence-electron chi connectivity index (χ4n) is 2.00. The highest BCUT2D eigenvalue weighted by atomic mass is 16.5. The Morgan fingerprint density at radius 3 is 2.48 bits per heavy atom. The largest absolute Gasteiger partial charge is 0.491 e. The van der Waals surface area contributed by atoms with E-state index in [2.05, 4.69) is 16.7 Å². The number of nitrogens with one attached hydrogen (secondary N) is 2. The van der Waals surface area contributed by atoms with Crippen LogP contribution in [0.2, 0.25) is 0 Å². The number of aryl methyl sites for hydroxylation is 2. The van der Waals surface area contributed by atoms with Gasteiger partial charge in [-0.25, -0.2) is 0 Å². The lowest BCUT2D eigenvalue weighted by atomic mass is 10.1. The molecule has 0 radical (unpaired) electrons. The monoisotopic (exact) mass is 294 g/mol. The molecule has 1 amide bonds. The van der Waals surface area contributed by atoms with E-state index in [1.165, 1.54) is 0 Å². The minimum absolute atomic E-state index is 0.0695. The van der Waals surface area contributed by atoms with Crippen LogP contribution >= 0.6 is 0 Å². The van der Waals surface area contributed by atoms with E-state index in [9.17, 15) is 9.90 Å². The van der Waals surface area contributed by atoms with Crippen LogP contribution in [0.3, 0.4) is 0 Å². The first-order valence-electron chi connectivity index (χ1n) is 7.32. The molecule has 2 unspecified atom stereocenters. The fourth-order valence-corrected chi connectivity index (χ4v) is 2.00. The van der Waals surface area contributed by atoms with Crippen LogP contribution in [-0.4, -0.2) is 42.9 Å². The average molecular weight is 294 g/mol. The second-order valence-electron chi connectivity index (χ2n) is 5.31. The number of aliphatic hydroxyl groups is 1. The summed E-state index contributed by atoms with van der Waals surface area (Å²) in [6, 6.07) is 5.61. The lowest BCUT2D eigenvalue weighted by Gasteiger charge is -2.17. The Labute approximate surface area is 126 Å². The second-order valence-corrected chi connectivity index (χ2v) is 5.31. The molecule has 0 aliphatic carbocycles. The first-order valence-corrected chi connectivity index (χ1v) is 7.32. The quantitative estimate of drug-likeness (QED) is 0.673. The van der Waals surface area contributed by atoms with E-state index in [-0.39, 0.29) is 18.6 Å². The third-order valence-electron chi connectivity index (χ3n) is 3.04. The number of hydrogen-bond donors (Lipinski definition) is 3. The zero-order chi connectivity index (χ0) is 15.8.